The molecule has 0 heterocycles. The summed E-state index contributed by atoms with van der Waals surface area (Å²) in [4.78, 5) is 0. The van der Waals surface area contributed by atoms with E-state index in [-0.39, 0.29) is 88.6 Å². The molecule has 4 aliphatic rings. The molecule has 12 atom stereocenters. The van der Waals surface area contributed by atoms with Crippen LogP contribution >= 0.6 is 0 Å². The number of hydrogen-bond acceptors (Lipinski definition) is 7. The molecule has 3 N–H and O–H groups in total. The van der Waals surface area contributed by atoms with Gasteiger partial charge >= 0.3 is 29.6 Å². The topological polar surface area (TPSA) is 127 Å². The van der Waals surface area contributed by atoms with Crippen LogP contribution in [0.5, 0.6) is 0 Å². The first-order chi connectivity index (χ1) is 15.3. The average Bonchev–Trinajstić information content (AvgIpc) is 3.04. The van der Waals surface area contributed by atoms with Gasteiger partial charge in [-0.15, -0.1) is 0 Å². The Hall–Kier alpha value is 0.750. The van der Waals surface area contributed by atoms with E-state index < -0.39 is 22.6 Å². The molecule has 0 radical (unpaired) electrons. The van der Waals surface area contributed by atoms with Gasteiger partial charge in [0.1, 0.15) is 0 Å². The summed E-state index contributed by atoms with van der Waals surface area (Å²) in [6.45, 7) is 8.67. The molecule has 0 aromatic carbocycles. The Balaban J connectivity index is 0.00000324. The van der Waals surface area contributed by atoms with Gasteiger partial charge in [0.15, 0.2) is 0 Å². The Morgan fingerprint density at radius 2 is 1.76 bits per heavy atom. The fraction of sp³-hybridized carbons (Fsp3) is 1.00. The molecule has 4 fully saturated rings. The molecule has 34 heavy (non-hydrogen) atoms. The van der Waals surface area contributed by atoms with Crippen LogP contribution in [0.1, 0.15) is 79.1 Å². The molecule has 4 saturated carbocycles. The van der Waals surface area contributed by atoms with E-state index in [1.54, 1.807) is 0 Å². The molecule has 7 nitrogen and oxygen atoms in total. The molecule has 0 aliphatic heterocycles. The minimum atomic E-state index is -4.69. The van der Waals surface area contributed by atoms with E-state index >= 15 is 0 Å². The largest absolute Gasteiger partial charge is 1.00 e. The van der Waals surface area contributed by atoms with Crippen LogP contribution in [0.3, 0.4) is 0 Å². The quantitative estimate of drug-likeness (QED) is 0.263. The third-order valence-electron chi connectivity index (χ3n) is 10.9. The van der Waals surface area contributed by atoms with Crippen LogP contribution in [0.4, 0.5) is 0 Å². The third kappa shape index (κ3) is 4.94. The Morgan fingerprint density at radius 3 is 2.38 bits per heavy atom. The average molecular weight is 511 g/mol. The van der Waals surface area contributed by atoms with E-state index in [1.807, 2.05) is 0 Å². The number of rotatable bonds is 6. The Labute approximate surface area is 227 Å². The molecule has 4 rings (SSSR count). The van der Waals surface area contributed by atoms with Crippen LogP contribution in [-0.2, 0) is 14.6 Å². The molecule has 0 spiro atoms. The van der Waals surface area contributed by atoms with Crippen molar-refractivity contribution in [3.8, 4) is 0 Å². The Kier molecular flexibility index (Phi) is 9.04. The van der Waals surface area contributed by atoms with E-state index in [2.05, 4.69) is 31.9 Å². The summed E-state index contributed by atoms with van der Waals surface area (Å²) in [5.74, 6) is 1.17. The molecule has 0 aromatic rings. The van der Waals surface area contributed by atoms with Crippen LogP contribution in [0.15, 0.2) is 0 Å². The van der Waals surface area contributed by atoms with Gasteiger partial charge in [0, 0.05) is 0 Å². The first kappa shape index (κ1) is 29.3. The SMILES string of the molecule is CC[C@H]1[C@@H](O)C2C3CC[C@H]([C@H](C)CCOS(=O)(=O)[O-])[C@@]3(C)C[C@H](O)C2[C@@]2(C)CC[C@@H](O)C[C@@H]12.[Na+]. The van der Waals surface area contributed by atoms with Crippen molar-refractivity contribution in [1.82, 2.24) is 0 Å². The molecule has 9 heteroatoms. The van der Waals surface area contributed by atoms with Crippen LogP contribution in [0.25, 0.3) is 0 Å². The molecular weight excluding hydrogens is 467 g/mol. The number of fused-ring (bicyclic) bond motifs is 5. The van der Waals surface area contributed by atoms with Crippen molar-refractivity contribution < 1.29 is 62.0 Å². The first-order valence-corrected chi connectivity index (χ1v) is 14.3. The third-order valence-corrected chi connectivity index (χ3v) is 11.3. The van der Waals surface area contributed by atoms with Crippen molar-refractivity contribution in [2.75, 3.05) is 6.61 Å². The maximum absolute atomic E-state index is 11.7. The van der Waals surface area contributed by atoms with Crippen LogP contribution < -0.4 is 29.6 Å². The predicted molar refractivity (Wildman–Crippen MR) is 123 cm³/mol. The summed E-state index contributed by atoms with van der Waals surface area (Å²) < 4.78 is 37.0. The van der Waals surface area contributed by atoms with Crippen molar-refractivity contribution in [2.24, 2.45) is 52.3 Å². The maximum atomic E-state index is 11.7. The summed E-state index contributed by atoms with van der Waals surface area (Å²) in [7, 11) is -4.69. The normalized spacial score (nSPS) is 49.4. The minimum absolute atomic E-state index is 0. The van der Waals surface area contributed by atoms with Gasteiger partial charge < -0.3 is 19.9 Å². The molecule has 4 aliphatic carbocycles. The van der Waals surface area contributed by atoms with Crippen molar-refractivity contribution in [3.05, 3.63) is 0 Å². The first-order valence-electron chi connectivity index (χ1n) is 13.0. The summed E-state index contributed by atoms with van der Waals surface area (Å²) >= 11 is 0. The predicted octanol–water partition coefficient (Wildman–Crippen LogP) is 0.0909. The van der Waals surface area contributed by atoms with Gasteiger partial charge in [0.25, 0.3) is 0 Å². The number of aliphatic hydroxyl groups is 3. The standard InChI is InChI=1S/C25H44O7S.Na/c1-5-16-19-12-15(26)8-10-24(19,3)22-20(27)13-25(4)17(6-7-18(25)21(22)23(16)28)14(2)9-11-32-33(29,30)31;/h14-23,26-28H,5-13H2,1-4H3,(H,29,30,31);/q;+1/p-1/t14-,15-,16-,17-,18?,19+,20+,21?,22?,23-,24+,25-;/m1./s1. The molecule has 0 saturated heterocycles. The molecule has 0 aromatic heterocycles. The van der Waals surface area contributed by atoms with Gasteiger partial charge in [0.05, 0.1) is 24.9 Å². The van der Waals surface area contributed by atoms with Gasteiger partial charge in [-0.25, -0.2) is 8.42 Å². The van der Waals surface area contributed by atoms with Gasteiger partial charge in [-0.1, -0.05) is 34.1 Å². The fourth-order valence-electron chi connectivity index (χ4n) is 9.58. The second kappa shape index (κ2) is 10.5. The van der Waals surface area contributed by atoms with Crippen LogP contribution in [0, 0.1) is 52.3 Å². The summed E-state index contributed by atoms with van der Waals surface area (Å²) in [5, 5.41) is 33.8. The second-order valence-electron chi connectivity index (χ2n) is 12.3. The molecule has 3 unspecified atom stereocenters. The van der Waals surface area contributed by atoms with E-state index in [4.69, 9.17) is 0 Å². The van der Waals surface area contributed by atoms with Gasteiger partial charge in [-0.3, -0.25) is 4.18 Å². The number of aliphatic hydroxyl groups excluding tert-OH is 3. The van der Waals surface area contributed by atoms with Crippen molar-refractivity contribution in [2.45, 2.75) is 97.4 Å². The monoisotopic (exact) mass is 510 g/mol. The van der Waals surface area contributed by atoms with Crippen LogP contribution in [0.2, 0.25) is 0 Å². The second-order valence-corrected chi connectivity index (χ2v) is 13.3. The summed E-state index contributed by atoms with van der Waals surface area (Å²) in [6.07, 6.45) is 5.09. The van der Waals surface area contributed by atoms with Crippen molar-refractivity contribution in [1.29, 1.82) is 0 Å². The number of hydrogen-bond donors (Lipinski definition) is 3. The van der Waals surface area contributed by atoms with Gasteiger partial charge in [0.2, 0.25) is 10.4 Å². The van der Waals surface area contributed by atoms with E-state index in [0.717, 1.165) is 32.1 Å². The maximum Gasteiger partial charge on any atom is 1.00 e. The smallest absolute Gasteiger partial charge is 0.726 e. The van der Waals surface area contributed by atoms with Crippen molar-refractivity contribution in [3.63, 3.8) is 0 Å². The molecule has 0 bridgehead atoms. The minimum Gasteiger partial charge on any atom is -0.726 e. The summed E-state index contributed by atoms with van der Waals surface area (Å²) in [6, 6.07) is 0. The molecule has 0 amide bonds. The zero-order valence-electron chi connectivity index (χ0n) is 21.5. The van der Waals surface area contributed by atoms with E-state index in [9.17, 15) is 28.3 Å². The zero-order chi connectivity index (χ0) is 24.3. The Bertz CT molecular complexity index is 824. The fourth-order valence-corrected chi connectivity index (χ4v) is 9.88. The van der Waals surface area contributed by atoms with E-state index in [0.29, 0.717) is 25.2 Å². The zero-order valence-corrected chi connectivity index (χ0v) is 24.3. The van der Waals surface area contributed by atoms with Crippen LogP contribution in [-0.4, -0.2) is 53.2 Å². The molecule has 192 valence electrons. The molecular formula is C25H43NaO7S. The van der Waals surface area contributed by atoms with Gasteiger partial charge in [-0.05, 0) is 97.2 Å². The Morgan fingerprint density at radius 1 is 1.09 bits per heavy atom. The van der Waals surface area contributed by atoms with Gasteiger partial charge in [-0.2, -0.15) is 0 Å². The van der Waals surface area contributed by atoms with E-state index in [1.165, 1.54) is 0 Å². The van der Waals surface area contributed by atoms with Crippen molar-refractivity contribution >= 4 is 10.4 Å². The summed E-state index contributed by atoms with van der Waals surface area (Å²) in [5.41, 5.74) is -0.225.